The standard InChI is InChI=1S/C20H24N2O2/c1-14-6-5-7-15(2)19(14)22-18(24)12-21-20(13-23)11-10-16-8-3-4-9-17(16)20/h3-9,21,23H,10-13H2,1-2H3,(H,22,24). The molecular weight excluding hydrogens is 300 g/mol. The van der Waals surface area contributed by atoms with Gasteiger partial charge in [0.15, 0.2) is 0 Å². The van der Waals surface area contributed by atoms with E-state index >= 15 is 0 Å². The van der Waals surface area contributed by atoms with E-state index in [-0.39, 0.29) is 19.1 Å². The third kappa shape index (κ3) is 3.07. The second-order valence-electron chi connectivity index (χ2n) is 6.57. The van der Waals surface area contributed by atoms with Crippen molar-refractivity contribution in [2.24, 2.45) is 0 Å². The van der Waals surface area contributed by atoms with Crippen molar-refractivity contribution < 1.29 is 9.90 Å². The Labute approximate surface area is 142 Å². The first kappa shape index (κ1) is 16.7. The van der Waals surface area contributed by atoms with Gasteiger partial charge in [-0.2, -0.15) is 0 Å². The number of amides is 1. The maximum absolute atomic E-state index is 12.4. The zero-order chi connectivity index (χ0) is 17.2. The minimum atomic E-state index is -0.519. The van der Waals surface area contributed by atoms with Crippen LogP contribution in [-0.2, 0) is 16.8 Å². The average Bonchev–Trinajstić information content (AvgIpc) is 2.96. The van der Waals surface area contributed by atoms with Gasteiger partial charge in [0.25, 0.3) is 0 Å². The van der Waals surface area contributed by atoms with E-state index in [1.54, 1.807) is 0 Å². The van der Waals surface area contributed by atoms with Gasteiger partial charge in [-0.05, 0) is 48.9 Å². The number of benzene rings is 2. The number of fused-ring (bicyclic) bond motifs is 1. The number of aryl methyl sites for hydroxylation is 3. The van der Waals surface area contributed by atoms with Crippen molar-refractivity contribution in [3.63, 3.8) is 0 Å². The highest BCUT2D eigenvalue weighted by Gasteiger charge is 2.37. The molecule has 2 aromatic carbocycles. The molecule has 0 saturated heterocycles. The lowest BCUT2D eigenvalue weighted by Crippen LogP contribution is -2.47. The van der Waals surface area contributed by atoms with E-state index < -0.39 is 5.54 Å². The Hall–Kier alpha value is -2.17. The number of carbonyl (C=O) groups is 1. The summed E-state index contributed by atoms with van der Waals surface area (Å²) in [5, 5.41) is 16.2. The number of aliphatic hydroxyl groups is 1. The van der Waals surface area contributed by atoms with Gasteiger partial charge in [-0.15, -0.1) is 0 Å². The minimum Gasteiger partial charge on any atom is -0.394 e. The van der Waals surface area contributed by atoms with Crippen LogP contribution in [0.2, 0.25) is 0 Å². The molecule has 0 spiro atoms. The lowest BCUT2D eigenvalue weighted by molar-refractivity contribution is -0.115. The van der Waals surface area contributed by atoms with Crippen molar-refractivity contribution in [2.45, 2.75) is 32.2 Å². The molecule has 1 aliphatic carbocycles. The molecule has 1 amide bonds. The molecule has 1 unspecified atom stereocenters. The van der Waals surface area contributed by atoms with Crippen LogP contribution in [0.15, 0.2) is 42.5 Å². The quantitative estimate of drug-likeness (QED) is 0.792. The molecular formula is C20H24N2O2. The van der Waals surface area contributed by atoms with Gasteiger partial charge in [-0.25, -0.2) is 0 Å². The number of hydrogen-bond acceptors (Lipinski definition) is 3. The Morgan fingerprint density at radius 1 is 1.12 bits per heavy atom. The summed E-state index contributed by atoms with van der Waals surface area (Å²) in [6.45, 7) is 4.13. The van der Waals surface area contributed by atoms with E-state index in [9.17, 15) is 9.90 Å². The molecule has 3 rings (SSSR count). The molecule has 4 nitrogen and oxygen atoms in total. The zero-order valence-electron chi connectivity index (χ0n) is 14.2. The summed E-state index contributed by atoms with van der Waals surface area (Å²) in [6.07, 6.45) is 1.72. The highest BCUT2D eigenvalue weighted by molar-refractivity contribution is 5.93. The van der Waals surface area contributed by atoms with E-state index in [4.69, 9.17) is 0 Å². The van der Waals surface area contributed by atoms with Gasteiger partial charge in [-0.1, -0.05) is 42.5 Å². The highest BCUT2D eigenvalue weighted by Crippen LogP contribution is 2.36. The molecule has 1 aliphatic rings. The lowest BCUT2D eigenvalue weighted by atomic mass is 9.92. The van der Waals surface area contributed by atoms with Crippen molar-refractivity contribution in [1.82, 2.24) is 5.32 Å². The van der Waals surface area contributed by atoms with Gasteiger partial charge >= 0.3 is 0 Å². The molecule has 0 aliphatic heterocycles. The van der Waals surface area contributed by atoms with Crippen molar-refractivity contribution in [3.05, 3.63) is 64.7 Å². The molecule has 1 atom stereocenters. The molecule has 0 aromatic heterocycles. The van der Waals surface area contributed by atoms with E-state index in [2.05, 4.69) is 16.7 Å². The fraction of sp³-hybridized carbons (Fsp3) is 0.350. The smallest absolute Gasteiger partial charge is 0.238 e. The van der Waals surface area contributed by atoms with Crippen molar-refractivity contribution in [3.8, 4) is 0 Å². The first-order chi connectivity index (χ1) is 11.6. The third-order valence-corrected chi connectivity index (χ3v) is 4.96. The largest absolute Gasteiger partial charge is 0.394 e. The third-order valence-electron chi connectivity index (χ3n) is 4.96. The van der Waals surface area contributed by atoms with Gasteiger partial charge in [0.2, 0.25) is 5.91 Å². The molecule has 0 saturated carbocycles. The molecule has 2 aromatic rings. The average molecular weight is 324 g/mol. The highest BCUT2D eigenvalue weighted by atomic mass is 16.3. The molecule has 24 heavy (non-hydrogen) atoms. The lowest BCUT2D eigenvalue weighted by Gasteiger charge is -2.29. The maximum atomic E-state index is 12.4. The van der Waals surface area contributed by atoms with Gasteiger partial charge in [0.05, 0.1) is 18.7 Å². The summed E-state index contributed by atoms with van der Waals surface area (Å²) < 4.78 is 0. The van der Waals surface area contributed by atoms with Gasteiger partial charge < -0.3 is 10.4 Å². The second kappa shape index (κ2) is 6.75. The number of aliphatic hydroxyl groups excluding tert-OH is 1. The Kier molecular flexibility index (Phi) is 4.69. The van der Waals surface area contributed by atoms with E-state index in [0.29, 0.717) is 0 Å². The number of hydrogen-bond donors (Lipinski definition) is 3. The summed E-state index contributed by atoms with van der Waals surface area (Å²) in [5.74, 6) is -0.0930. The fourth-order valence-corrected chi connectivity index (χ4v) is 3.54. The number of nitrogens with one attached hydrogen (secondary N) is 2. The van der Waals surface area contributed by atoms with E-state index in [1.807, 2.05) is 50.2 Å². The SMILES string of the molecule is Cc1cccc(C)c1NC(=O)CNC1(CO)CCc2ccccc21. The van der Waals surface area contributed by atoms with Crippen LogP contribution in [0.1, 0.15) is 28.7 Å². The Morgan fingerprint density at radius 2 is 1.83 bits per heavy atom. The predicted molar refractivity (Wildman–Crippen MR) is 96.1 cm³/mol. The van der Waals surface area contributed by atoms with Crippen LogP contribution in [0.4, 0.5) is 5.69 Å². The molecule has 0 fully saturated rings. The minimum absolute atomic E-state index is 0.0132. The predicted octanol–water partition coefficient (Wildman–Crippen LogP) is 2.67. The van der Waals surface area contributed by atoms with Gasteiger partial charge in [-0.3, -0.25) is 10.1 Å². The second-order valence-corrected chi connectivity index (χ2v) is 6.57. The number of para-hydroxylation sites is 1. The summed E-state index contributed by atoms with van der Waals surface area (Å²) in [7, 11) is 0. The zero-order valence-corrected chi connectivity index (χ0v) is 14.2. The Bertz CT molecular complexity index is 737. The van der Waals surface area contributed by atoms with Crippen LogP contribution in [0.25, 0.3) is 0 Å². The summed E-state index contributed by atoms with van der Waals surface area (Å²) in [5.41, 5.74) is 4.79. The molecule has 126 valence electrons. The summed E-state index contributed by atoms with van der Waals surface area (Å²) in [6, 6.07) is 14.1. The molecule has 4 heteroatoms. The first-order valence-corrected chi connectivity index (χ1v) is 8.36. The maximum Gasteiger partial charge on any atom is 0.238 e. The molecule has 0 radical (unpaired) electrons. The molecule has 0 heterocycles. The van der Waals surface area contributed by atoms with Crippen LogP contribution >= 0.6 is 0 Å². The Morgan fingerprint density at radius 3 is 2.54 bits per heavy atom. The van der Waals surface area contributed by atoms with Crippen LogP contribution in [0.5, 0.6) is 0 Å². The number of rotatable bonds is 5. The molecule has 3 N–H and O–H groups in total. The van der Waals surface area contributed by atoms with Crippen molar-refractivity contribution in [2.75, 3.05) is 18.5 Å². The Balaban J connectivity index is 1.70. The van der Waals surface area contributed by atoms with Crippen LogP contribution in [0, 0.1) is 13.8 Å². The van der Waals surface area contributed by atoms with Crippen LogP contribution < -0.4 is 10.6 Å². The van der Waals surface area contributed by atoms with Gasteiger partial charge in [0.1, 0.15) is 0 Å². The molecule has 0 bridgehead atoms. The van der Waals surface area contributed by atoms with Gasteiger partial charge in [0, 0.05) is 5.69 Å². The van der Waals surface area contributed by atoms with E-state index in [1.165, 1.54) is 5.56 Å². The monoisotopic (exact) mass is 324 g/mol. The normalized spacial score (nSPS) is 19.1. The number of anilines is 1. The topological polar surface area (TPSA) is 61.4 Å². The van der Waals surface area contributed by atoms with Crippen LogP contribution in [-0.4, -0.2) is 24.2 Å². The van der Waals surface area contributed by atoms with Crippen molar-refractivity contribution >= 4 is 11.6 Å². The fourth-order valence-electron chi connectivity index (χ4n) is 3.54. The van der Waals surface area contributed by atoms with E-state index in [0.717, 1.165) is 35.2 Å². The first-order valence-electron chi connectivity index (χ1n) is 8.36. The summed E-state index contributed by atoms with van der Waals surface area (Å²) >= 11 is 0. The van der Waals surface area contributed by atoms with Crippen LogP contribution in [0.3, 0.4) is 0 Å². The van der Waals surface area contributed by atoms with Crippen molar-refractivity contribution in [1.29, 1.82) is 0 Å². The summed E-state index contributed by atoms with van der Waals surface area (Å²) in [4.78, 5) is 12.4. The number of carbonyl (C=O) groups excluding carboxylic acids is 1.